The molecule has 1 aliphatic rings. The summed E-state index contributed by atoms with van der Waals surface area (Å²) in [5, 5.41) is 2.97. The fraction of sp³-hybridized carbons (Fsp3) is 0.667. The zero-order valence-corrected chi connectivity index (χ0v) is 12.7. The number of aromatic amines is 1. The highest BCUT2D eigenvalue weighted by molar-refractivity contribution is 7.89. The van der Waals surface area contributed by atoms with E-state index in [2.05, 4.69) is 19.9 Å². The standard InChI is InChI=1S/C12H22N4O3S/c1-13-6-10-5-12(8-14-10)20(17,18)15-7-11-9-16(2)3-4-19-11/h5,8,11,13-15H,3-4,6-7,9H2,1-2H3. The molecule has 0 amide bonds. The topological polar surface area (TPSA) is 86.5 Å². The fourth-order valence-electron chi connectivity index (χ4n) is 2.14. The molecule has 0 aliphatic carbocycles. The molecule has 2 rings (SSSR count). The Labute approximate surface area is 119 Å². The third-order valence-electron chi connectivity index (χ3n) is 3.24. The molecule has 7 nitrogen and oxygen atoms in total. The average Bonchev–Trinajstić information content (AvgIpc) is 2.87. The summed E-state index contributed by atoms with van der Waals surface area (Å²) in [6, 6.07) is 1.63. The third kappa shape index (κ3) is 4.03. The van der Waals surface area contributed by atoms with Crippen molar-refractivity contribution in [3.63, 3.8) is 0 Å². The predicted octanol–water partition coefficient (Wildman–Crippen LogP) is -0.657. The molecule has 2 heterocycles. The Morgan fingerprint density at radius 1 is 1.55 bits per heavy atom. The third-order valence-corrected chi connectivity index (χ3v) is 4.64. The number of aromatic nitrogens is 1. The lowest BCUT2D eigenvalue weighted by Crippen LogP contribution is -2.45. The molecule has 0 saturated carbocycles. The second-order valence-corrected chi connectivity index (χ2v) is 6.76. The SMILES string of the molecule is CNCc1cc(S(=O)(=O)NCC2CN(C)CCO2)c[nH]1. The van der Waals surface area contributed by atoms with Crippen molar-refractivity contribution in [2.75, 3.05) is 40.3 Å². The van der Waals surface area contributed by atoms with Gasteiger partial charge in [-0.25, -0.2) is 13.1 Å². The smallest absolute Gasteiger partial charge is 0.242 e. The molecule has 20 heavy (non-hydrogen) atoms. The number of morpholine rings is 1. The number of nitrogens with zero attached hydrogens (tertiary/aromatic N) is 1. The molecule has 1 unspecified atom stereocenters. The monoisotopic (exact) mass is 302 g/mol. The molecule has 0 spiro atoms. The minimum atomic E-state index is -3.48. The van der Waals surface area contributed by atoms with Gasteiger partial charge in [-0.15, -0.1) is 0 Å². The molecule has 1 fully saturated rings. The van der Waals surface area contributed by atoms with Crippen LogP contribution in [0.3, 0.4) is 0 Å². The van der Waals surface area contributed by atoms with Gasteiger partial charge in [0, 0.05) is 38.1 Å². The second-order valence-electron chi connectivity index (χ2n) is 5.00. The molecule has 114 valence electrons. The fourth-order valence-corrected chi connectivity index (χ4v) is 3.23. The van der Waals surface area contributed by atoms with Crippen LogP contribution in [-0.4, -0.2) is 64.7 Å². The molecule has 0 bridgehead atoms. The van der Waals surface area contributed by atoms with E-state index >= 15 is 0 Å². The molecule has 1 atom stereocenters. The lowest BCUT2D eigenvalue weighted by Gasteiger charge is -2.29. The van der Waals surface area contributed by atoms with E-state index in [1.165, 1.54) is 6.20 Å². The van der Waals surface area contributed by atoms with Gasteiger partial charge in [0.2, 0.25) is 10.0 Å². The van der Waals surface area contributed by atoms with Crippen LogP contribution in [0, 0.1) is 0 Å². The van der Waals surface area contributed by atoms with Crippen LogP contribution in [0.1, 0.15) is 5.69 Å². The van der Waals surface area contributed by atoms with E-state index in [1.807, 2.05) is 14.1 Å². The number of sulfonamides is 1. The van der Waals surface area contributed by atoms with Gasteiger partial charge < -0.3 is 19.9 Å². The Morgan fingerprint density at radius 2 is 2.35 bits per heavy atom. The highest BCUT2D eigenvalue weighted by Gasteiger charge is 2.21. The van der Waals surface area contributed by atoms with Gasteiger partial charge in [-0.1, -0.05) is 0 Å². The van der Waals surface area contributed by atoms with Crippen LogP contribution in [0.4, 0.5) is 0 Å². The first-order valence-electron chi connectivity index (χ1n) is 6.63. The molecule has 1 saturated heterocycles. The Balaban J connectivity index is 1.92. The maximum Gasteiger partial charge on any atom is 0.242 e. The van der Waals surface area contributed by atoms with Crippen molar-refractivity contribution in [2.45, 2.75) is 17.5 Å². The molecule has 8 heteroatoms. The summed E-state index contributed by atoms with van der Waals surface area (Å²) in [5.74, 6) is 0. The molecule has 1 aromatic rings. The van der Waals surface area contributed by atoms with Crippen LogP contribution >= 0.6 is 0 Å². The summed E-state index contributed by atoms with van der Waals surface area (Å²) in [7, 11) is 0.328. The molecule has 0 radical (unpaired) electrons. The minimum Gasteiger partial charge on any atom is -0.374 e. The second kappa shape index (κ2) is 6.68. The number of H-pyrrole nitrogens is 1. The summed E-state index contributed by atoms with van der Waals surface area (Å²) in [4.78, 5) is 5.32. The number of ether oxygens (including phenoxy) is 1. The summed E-state index contributed by atoms with van der Waals surface area (Å²) in [5.41, 5.74) is 0.835. The van der Waals surface area contributed by atoms with E-state index in [-0.39, 0.29) is 11.0 Å². The lowest BCUT2D eigenvalue weighted by molar-refractivity contribution is -0.0156. The van der Waals surface area contributed by atoms with Gasteiger partial charge >= 0.3 is 0 Å². The first-order valence-corrected chi connectivity index (χ1v) is 8.11. The Kier molecular flexibility index (Phi) is 5.17. The summed E-state index contributed by atoms with van der Waals surface area (Å²) in [6.45, 7) is 3.15. The Morgan fingerprint density at radius 3 is 3.05 bits per heavy atom. The van der Waals surface area contributed by atoms with Gasteiger partial charge in [-0.05, 0) is 20.2 Å². The number of nitrogens with one attached hydrogen (secondary N) is 3. The minimum absolute atomic E-state index is 0.0979. The normalized spacial score (nSPS) is 21.2. The van der Waals surface area contributed by atoms with Crippen molar-refractivity contribution in [2.24, 2.45) is 0 Å². The van der Waals surface area contributed by atoms with E-state index in [9.17, 15) is 8.42 Å². The zero-order valence-electron chi connectivity index (χ0n) is 11.8. The average molecular weight is 302 g/mol. The van der Waals surface area contributed by atoms with Gasteiger partial charge in [0.05, 0.1) is 17.6 Å². The highest BCUT2D eigenvalue weighted by Crippen LogP contribution is 2.11. The molecule has 3 N–H and O–H groups in total. The maximum absolute atomic E-state index is 12.2. The van der Waals surface area contributed by atoms with Gasteiger partial charge in [0.15, 0.2) is 0 Å². The molecular weight excluding hydrogens is 280 g/mol. The molecule has 1 aliphatic heterocycles. The summed E-state index contributed by atoms with van der Waals surface area (Å²) in [6.07, 6.45) is 1.40. The Bertz CT molecular complexity index is 529. The van der Waals surface area contributed by atoms with Crippen molar-refractivity contribution < 1.29 is 13.2 Å². The van der Waals surface area contributed by atoms with Crippen LogP contribution in [-0.2, 0) is 21.3 Å². The maximum atomic E-state index is 12.2. The predicted molar refractivity (Wildman–Crippen MR) is 76.0 cm³/mol. The number of hydrogen-bond donors (Lipinski definition) is 3. The Hall–Kier alpha value is -0.930. The first-order chi connectivity index (χ1) is 9.51. The number of likely N-dealkylation sites (N-methyl/N-ethyl adjacent to an activating group) is 1. The quantitative estimate of drug-likeness (QED) is 0.650. The van der Waals surface area contributed by atoms with Gasteiger partial charge in [-0.2, -0.15) is 0 Å². The number of hydrogen-bond acceptors (Lipinski definition) is 5. The van der Waals surface area contributed by atoms with Gasteiger partial charge in [0.1, 0.15) is 0 Å². The van der Waals surface area contributed by atoms with Crippen LogP contribution in [0.5, 0.6) is 0 Å². The van der Waals surface area contributed by atoms with E-state index in [0.29, 0.717) is 19.7 Å². The summed E-state index contributed by atoms with van der Waals surface area (Å²) < 4.78 is 32.4. The van der Waals surface area contributed by atoms with Crippen molar-refractivity contribution in [3.8, 4) is 0 Å². The highest BCUT2D eigenvalue weighted by atomic mass is 32.2. The van der Waals surface area contributed by atoms with Crippen molar-refractivity contribution in [1.29, 1.82) is 0 Å². The van der Waals surface area contributed by atoms with Crippen molar-refractivity contribution in [3.05, 3.63) is 18.0 Å². The molecule has 1 aromatic heterocycles. The first kappa shape index (κ1) is 15.5. The lowest BCUT2D eigenvalue weighted by atomic mass is 10.3. The molecular formula is C12H22N4O3S. The van der Waals surface area contributed by atoms with Crippen LogP contribution in [0.25, 0.3) is 0 Å². The zero-order chi connectivity index (χ0) is 14.6. The van der Waals surface area contributed by atoms with Crippen LogP contribution in [0.15, 0.2) is 17.2 Å². The number of rotatable bonds is 6. The van der Waals surface area contributed by atoms with E-state index in [0.717, 1.165) is 18.8 Å². The van der Waals surface area contributed by atoms with E-state index in [4.69, 9.17) is 4.74 Å². The summed E-state index contributed by atoms with van der Waals surface area (Å²) >= 11 is 0. The van der Waals surface area contributed by atoms with Crippen molar-refractivity contribution >= 4 is 10.0 Å². The van der Waals surface area contributed by atoms with Crippen LogP contribution < -0.4 is 10.0 Å². The van der Waals surface area contributed by atoms with Gasteiger partial charge in [0.25, 0.3) is 0 Å². The largest absolute Gasteiger partial charge is 0.374 e. The van der Waals surface area contributed by atoms with E-state index < -0.39 is 10.0 Å². The van der Waals surface area contributed by atoms with Gasteiger partial charge in [-0.3, -0.25) is 0 Å². The van der Waals surface area contributed by atoms with E-state index in [1.54, 1.807) is 6.07 Å². The molecule has 0 aromatic carbocycles. The van der Waals surface area contributed by atoms with Crippen LogP contribution in [0.2, 0.25) is 0 Å². The van der Waals surface area contributed by atoms with Crippen molar-refractivity contribution in [1.82, 2.24) is 19.9 Å².